The molecule has 2 N–H and O–H groups in total. The highest BCUT2D eigenvalue weighted by atomic mass is 19.4. The molecule has 0 aliphatic carbocycles. The Bertz CT molecular complexity index is 725. The molecule has 0 aromatic heterocycles. The first kappa shape index (κ1) is 18.7. The molecule has 136 valence electrons. The average Bonchev–Trinajstić information content (AvgIpc) is 2.71. The van der Waals surface area contributed by atoms with Gasteiger partial charge < -0.3 is 5.32 Å². The van der Waals surface area contributed by atoms with Crippen molar-refractivity contribution in [1.29, 1.82) is 0 Å². The number of nitrogens with zero attached hydrogens (tertiary/aromatic N) is 1. The van der Waals surface area contributed by atoms with E-state index in [0.29, 0.717) is 0 Å². The van der Waals surface area contributed by atoms with Crippen LogP contribution in [0.25, 0.3) is 0 Å². The molecule has 1 aromatic rings. The van der Waals surface area contributed by atoms with Gasteiger partial charge in [0.05, 0.1) is 5.69 Å². The Hall–Kier alpha value is -2.65. The second kappa shape index (κ2) is 5.71. The van der Waals surface area contributed by atoms with Crippen LogP contribution in [-0.2, 0) is 9.59 Å². The molecular formula is C15H15F4N3O3. The third kappa shape index (κ3) is 3.15. The summed E-state index contributed by atoms with van der Waals surface area (Å²) in [4.78, 5) is 36.7. The molecule has 10 heteroatoms. The summed E-state index contributed by atoms with van der Waals surface area (Å²) in [6.45, 7) is 4.06. The van der Waals surface area contributed by atoms with Crippen molar-refractivity contribution >= 4 is 23.5 Å². The summed E-state index contributed by atoms with van der Waals surface area (Å²) in [5.74, 6) is -3.51. The number of nitrogens with one attached hydrogen (secondary N) is 2. The Morgan fingerprint density at radius 3 is 2.08 bits per heavy atom. The van der Waals surface area contributed by atoms with Crippen molar-refractivity contribution < 1.29 is 31.9 Å². The van der Waals surface area contributed by atoms with Crippen molar-refractivity contribution in [1.82, 2.24) is 10.6 Å². The SMILES string of the molecule is CC(C)(C)C(=O)N[C@]1(C(F)(F)F)NC(=O)N(c2ccc(F)cc2)C1=O. The van der Waals surface area contributed by atoms with E-state index >= 15 is 0 Å². The van der Waals surface area contributed by atoms with Gasteiger partial charge in [-0.05, 0) is 24.3 Å². The minimum Gasteiger partial charge on any atom is -0.317 e. The van der Waals surface area contributed by atoms with E-state index in [9.17, 15) is 31.9 Å². The fourth-order valence-electron chi connectivity index (χ4n) is 2.06. The number of imide groups is 1. The lowest BCUT2D eigenvalue weighted by atomic mass is 9.94. The molecule has 1 fully saturated rings. The van der Waals surface area contributed by atoms with Gasteiger partial charge in [-0.3, -0.25) is 14.9 Å². The standard InChI is InChI=1S/C15H15F4N3O3/c1-13(2,3)10(23)20-14(15(17,18)19)11(24)22(12(25)21-14)9-6-4-8(16)5-7-9/h4-7H,1-3H3,(H,20,23)(H,21,25)/t14-/m0/s1. The number of benzene rings is 1. The van der Waals surface area contributed by atoms with Crippen molar-refractivity contribution in [2.24, 2.45) is 5.41 Å². The molecule has 4 amide bonds. The number of carbonyl (C=O) groups is 3. The zero-order valence-corrected chi connectivity index (χ0v) is 13.5. The molecule has 0 spiro atoms. The maximum Gasteiger partial charge on any atom is 0.440 e. The van der Waals surface area contributed by atoms with E-state index < -0.39 is 40.9 Å². The lowest BCUT2D eigenvalue weighted by Crippen LogP contribution is -2.70. The molecule has 0 saturated carbocycles. The summed E-state index contributed by atoms with van der Waals surface area (Å²) < 4.78 is 53.8. The van der Waals surface area contributed by atoms with Gasteiger partial charge in [0.25, 0.3) is 11.6 Å². The van der Waals surface area contributed by atoms with E-state index in [-0.39, 0.29) is 10.6 Å². The third-order valence-corrected chi connectivity index (χ3v) is 3.51. The van der Waals surface area contributed by atoms with E-state index in [4.69, 9.17) is 0 Å². The molecule has 1 aromatic carbocycles. The van der Waals surface area contributed by atoms with Gasteiger partial charge in [0, 0.05) is 5.41 Å². The van der Waals surface area contributed by atoms with Crippen LogP contribution in [0.15, 0.2) is 24.3 Å². The number of amides is 4. The number of halogens is 4. The Morgan fingerprint density at radius 1 is 1.12 bits per heavy atom. The number of carbonyl (C=O) groups excluding carboxylic acids is 3. The first-order chi connectivity index (χ1) is 11.3. The van der Waals surface area contributed by atoms with E-state index in [2.05, 4.69) is 0 Å². The molecular weight excluding hydrogens is 346 g/mol. The Kier molecular flexibility index (Phi) is 4.27. The lowest BCUT2D eigenvalue weighted by molar-refractivity contribution is -0.202. The molecule has 2 rings (SSSR count). The van der Waals surface area contributed by atoms with Gasteiger partial charge in [0.15, 0.2) is 0 Å². The smallest absolute Gasteiger partial charge is 0.317 e. The number of urea groups is 1. The van der Waals surface area contributed by atoms with Gasteiger partial charge in [-0.15, -0.1) is 0 Å². The minimum absolute atomic E-state index is 0.204. The monoisotopic (exact) mass is 361 g/mol. The molecule has 1 saturated heterocycles. The lowest BCUT2D eigenvalue weighted by Gasteiger charge is -2.32. The Balaban J connectivity index is 2.49. The molecule has 0 unspecified atom stereocenters. The summed E-state index contributed by atoms with van der Waals surface area (Å²) in [6, 6.07) is 2.34. The third-order valence-electron chi connectivity index (χ3n) is 3.51. The molecule has 0 bridgehead atoms. The summed E-state index contributed by atoms with van der Waals surface area (Å²) in [5, 5.41) is 3.11. The maximum atomic E-state index is 13.6. The summed E-state index contributed by atoms with van der Waals surface area (Å²) in [5.41, 5.74) is -5.10. The highest BCUT2D eigenvalue weighted by Crippen LogP contribution is 2.36. The Labute approximate surface area is 140 Å². The quantitative estimate of drug-likeness (QED) is 0.627. The van der Waals surface area contributed by atoms with E-state index in [1.54, 1.807) is 5.32 Å². The highest BCUT2D eigenvalue weighted by Gasteiger charge is 2.69. The second-order valence-corrected chi connectivity index (χ2v) is 6.50. The predicted octanol–water partition coefficient (Wildman–Crippen LogP) is 2.30. The largest absolute Gasteiger partial charge is 0.440 e. The average molecular weight is 361 g/mol. The van der Waals surface area contributed by atoms with Crippen LogP contribution in [0.4, 0.5) is 28.0 Å². The van der Waals surface area contributed by atoms with E-state index in [1.807, 2.05) is 0 Å². The van der Waals surface area contributed by atoms with Crippen LogP contribution in [0, 0.1) is 11.2 Å². The van der Waals surface area contributed by atoms with Gasteiger partial charge in [-0.1, -0.05) is 20.8 Å². The van der Waals surface area contributed by atoms with Gasteiger partial charge in [-0.25, -0.2) is 14.1 Å². The zero-order chi connectivity index (χ0) is 19.2. The van der Waals surface area contributed by atoms with Gasteiger partial charge >= 0.3 is 12.2 Å². The van der Waals surface area contributed by atoms with E-state index in [1.165, 1.54) is 26.1 Å². The van der Waals surface area contributed by atoms with Crippen LogP contribution < -0.4 is 15.5 Å². The molecule has 1 aliphatic rings. The van der Waals surface area contributed by atoms with Crippen LogP contribution in [0.2, 0.25) is 0 Å². The summed E-state index contributed by atoms with van der Waals surface area (Å²) >= 11 is 0. The van der Waals surface area contributed by atoms with Crippen molar-refractivity contribution in [2.45, 2.75) is 32.6 Å². The second-order valence-electron chi connectivity index (χ2n) is 6.50. The topological polar surface area (TPSA) is 78.5 Å². The van der Waals surface area contributed by atoms with Crippen molar-refractivity contribution in [3.8, 4) is 0 Å². The first-order valence-electron chi connectivity index (χ1n) is 7.11. The number of anilines is 1. The van der Waals surface area contributed by atoms with Gasteiger partial charge in [-0.2, -0.15) is 13.2 Å². The first-order valence-corrected chi connectivity index (χ1v) is 7.11. The summed E-state index contributed by atoms with van der Waals surface area (Å²) in [7, 11) is 0. The number of alkyl halides is 3. The number of hydrogen-bond acceptors (Lipinski definition) is 3. The minimum atomic E-state index is -5.30. The molecule has 25 heavy (non-hydrogen) atoms. The van der Waals surface area contributed by atoms with Crippen LogP contribution in [0.5, 0.6) is 0 Å². The molecule has 6 nitrogen and oxygen atoms in total. The number of rotatable bonds is 2. The van der Waals surface area contributed by atoms with Crippen LogP contribution in [-0.4, -0.2) is 29.7 Å². The zero-order valence-electron chi connectivity index (χ0n) is 13.5. The van der Waals surface area contributed by atoms with Crippen LogP contribution in [0.3, 0.4) is 0 Å². The van der Waals surface area contributed by atoms with Gasteiger partial charge in [0.1, 0.15) is 5.82 Å². The normalized spacial score (nSPS) is 21.3. The van der Waals surface area contributed by atoms with Gasteiger partial charge in [0.2, 0.25) is 5.91 Å². The molecule has 1 atom stereocenters. The highest BCUT2D eigenvalue weighted by molar-refractivity contribution is 6.24. The fourth-order valence-corrected chi connectivity index (χ4v) is 2.06. The van der Waals surface area contributed by atoms with Crippen molar-refractivity contribution in [3.63, 3.8) is 0 Å². The van der Waals surface area contributed by atoms with Crippen LogP contribution >= 0.6 is 0 Å². The predicted molar refractivity (Wildman–Crippen MR) is 78.8 cm³/mol. The number of hydrogen-bond donors (Lipinski definition) is 2. The molecule has 0 radical (unpaired) electrons. The summed E-state index contributed by atoms with van der Waals surface area (Å²) in [6.07, 6.45) is -5.30. The van der Waals surface area contributed by atoms with Crippen molar-refractivity contribution in [2.75, 3.05) is 4.90 Å². The maximum absolute atomic E-state index is 13.6. The van der Waals surface area contributed by atoms with Crippen molar-refractivity contribution in [3.05, 3.63) is 30.1 Å². The fraction of sp³-hybridized carbons (Fsp3) is 0.400. The Morgan fingerprint density at radius 2 is 1.64 bits per heavy atom. The van der Waals surface area contributed by atoms with E-state index in [0.717, 1.165) is 24.3 Å². The van der Waals surface area contributed by atoms with Crippen LogP contribution in [0.1, 0.15) is 20.8 Å². The molecule has 1 heterocycles. The molecule has 1 aliphatic heterocycles.